The van der Waals surface area contributed by atoms with Crippen LogP contribution in [0.4, 0.5) is 0 Å². The summed E-state index contributed by atoms with van der Waals surface area (Å²) >= 11 is 3.33. The molecule has 7 nitrogen and oxygen atoms in total. The summed E-state index contributed by atoms with van der Waals surface area (Å²) in [6.07, 6.45) is 2.37. The van der Waals surface area contributed by atoms with Gasteiger partial charge in [-0.3, -0.25) is 4.57 Å². The summed E-state index contributed by atoms with van der Waals surface area (Å²) in [5.41, 5.74) is 0.955. The van der Waals surface area contributed by atoms with Crippen LogP contribution in [0, 0.1) is 0 Å². The van der Waals surface area contributed by atoms with Gasteiger partial charge in [-0.05, 0) is 46.8 Å². The van der Waals surface area contributed by atoms with Crippen molar-refractivity contribution in [1.82, 2.24) is 35.0 Å². The van der Waals surface area contributed by atoms with E-state index in [9.17, 15) is 0 Å². The minimum atomic E-state index is 0.509. The van der Waals surface area contributed by atoms with Gasteiger partial charge in [0, 0.05) is 6.04 Å². The first kappa shape index (κ1) is 15.7. The summed E-state index contributed by atoms with van der Waals surface area (Å²) in [4.78, 5) is 1.16. The molecule has 0 spiro atoms. The number of aromatic nitrogens is 7. The second-order valence-electron chi connectivity index (χ2n) is 6.02. The summed E-state index contributed by atoms with van der Waals surface area (Å²) in [7, 11) is 0. The minimum Gasteiger partial charge on any atom is -0.298 e. The van der Waals surface area contributed by atoms with Crippen LogP contribution >= 0.6 is 23.1 Å². The molecule has 130 valence electrons. The lowest BCUT2D eigenvalue weighted by Crippen LogP contribution is -2.03. The SMILES string of the molecule is c1ccc(-n2nnnc2CSc2nnc(-c3cccs3)n2C2CC2)cc1. The van der Waals surface area contributed by atoms with Gasteiger partial charge in [0.2, 0.25) is 0 Å². The van der Waals surface area contributed by atoms with Crippen LogP contribution in [-0.2, 0) is 5.75 Å². The van der Waals surface area contributed by atoms with Gasteiger partial charge in [0.25, 0.3) is 0 Å². The molecule has 3 aromatic heterocycles. The Morgan fingerprint density at radius 2 is 1.92 bits per heavy atom. The lowest BCUT2D eigenvalue weighted by molar-refractivity contribution is 0.669. The van der Waals surface area contributed by atoms with Gasteiger partial charge in [0.1, 0.15) is 0 Å². The number of hydrogen-bond acceptors (Lipinski definition) is 7. The van der Waals surface area contributed by atoms with Crippen LogP contribution in [0.1, 0.15) is 24.7 Å². The lowest BCUT2D eigenvalue weighted by atomic mass is 10.3. The van der Waals surface area contributed by atoms with Gasteiger partial charge in [-0.15, -0.1) is 26.6 Å². The van der Waals surface area contributed by atoms with Crippen LogP contribution in [0.25, 0.3) is 16.4 Å². The predicted octanol–water partition coefficient (Wildman–Crippen LogP) is 3.61. The average Bonchev–Trinajstić information content (AvgIpc) is 3.09. The largest absolute Gasteiger partial charge is 0.298 e. The molecule has 0 N–H and O–H groups in total. The molecule has 0 radical (unpaired) electrons. The molecule has 1 aliphatic rings. The Hall–Kier alpha value is -2.52. The Morgan fingerprint density at radius 3 is 2.69 bits per heavy atom. The standard InChI is InChI=1S/C17H15N7S2/c1-2-5-13(6-3-1)24-15(18-21-22-24)11-26-17-20-19-16(14-7-4-10-25-14)23(17)12-8-9-12/h1-7,10,12H,8-9,11H2. The van der Waals surface area contributed by atoms with Crippen molar-refractivity contribution in [2.24, 2.45) is 0 Å². The van der Waals surface area contributed by atoms with Crippen molar-refractivity contribution in [1.29, 1.82) is 0 Å². The van der Waals surface area contributed by atoms with E-state index >= 15 is 0 Å². The van der Waals surface area contributed by atoms with Gasteiger partial charge in [-0.2, -0.15) is 4.68 Å². The first-order valence-corrected chi connectivity index (χ1v) is 10.2. The molecule has 1 aliphatic carbocycles. The van der Waals surface area contributed by atoms with Crippen molar-refractivity contribution in [2.75, 3.05) is 0 Å². The number of benzene rings is 1. The molecule has 1 fully saturated rings. The Balaban J connectivity index is 1.41. The maximum atomic E-state index is 4.44. The van der Waals surface area contributed by atoms with E-state index in [-0.39, 0.29) is 0 Å². The minimum absolute atomic E-state index is 0.509. The highest BCUT2D eigenvalue weighted by molar-refractivity contribution is 7.98. The van der Waals surface area contributed by atoms with Crippen molar-refractivity contribution < 1.29 is 0 Å². The van der Waals surface area contributed by atoms with E-state index in [1.54, 1.807) is 27.8 Å². The van der Waals surface area contributed by atoms with Crippen LogP contribution in [0.15, 0.2) is 53.0 Å². The zero-order valence-electron chi connectivity index (χ0n) is 13.8. The molecular formula is C17H15N7S2. The third-order valence-corrected chi connectivity index (χ3v) is 5.99. The quantitative estimate of drug-likeness (QED) is 0.475. The third kappa shape index (κ3) is 2.93. The first-order chi connectivity index (χ1) is 12.9. The van der Waals surface area contributed by atoms with Crippen molar-refractivity contribution >= 4 is 23.1 Å². The predicted molar refractivity (Wildman–Crippen MR) is 100 cm³/mol. The molecule has 0 amide bonds. The fraction of sp³-hybridized carbons (Fsp3) is 0.235. The number of tetrazole rings is 1. The molecule has 1 aromatic carbocycles. The van der Waals surface area contributed by atoms with E-state index in [1.807, 2.05) is 36.4 Å². The van der Waals surface area contributed by atoms with Crippen LogP contribution in [0.5, 0.6) is 0 Å². The monoisotopic (exact) mass is 381 g/mol. The number of rotatable bonds is 6. The summed E-state index contributed by atoms with van der Waals surface area (Å²) in [5.74, 6) is 2.40. The second-order valence-corrected chi connectivity index (χ2v) is 7.91. The average molecular weight is 381 g/mol. The van der Waals surface area contributed by atoms with E-state index in [4.69, 9.17) is 0 Å². The van der Waals surface area contributed by atoms with Gasteiger partial charge in [-0.25, -0.2) is 0 Å². The number of nitrogens with zero attached hydrogens (tertiary/aromatic N) is 7. The maximum Gasteiger partial charge on any atom is 0.192 e. The molecule has 0 saturated heterocycles. The molecule has 5 rings (SSSR count). The van der Waals surface area contributed by atoms with Gasteiger partial charge in [-0.1, -0.05) is 36.0 Å². The summed E-state index contributed by atoms with van der Waals surface area (Å²) in [5, 5.41) is 24.0. The van der Waals surface area contributed by atoms with Crippen LogP contribution < -0.4 is 0 Å². The van der Waals surface area contributed by atoms with Crippen molar-refractivity contribution in [3.05, 3.63) is 53.7 Å². The molecule has 0 aliphatic heterocycles. The lowest BCUT2D eigenvalue weighted by Gasteiger charge is -2.08. The molecule has 0 atom stereocenters. The zero-order chi connectivity index (χ0) is 17.3. The third-order valence-electron chi connectivity index (χ3n) is 4.18. The van der Waals surface area contributed by atoms with Crippen molar-refractivity contribution in [3.8, 4) is 16.4 Å². The Kier molecular flexibility index (Phi) is 4.02. The van der Waals surface area contributed by atoms with Crippen LogP contribution in [0.3, 0.4) is 0 Å². The highest BCUT2D eigenvalue weighted by Gasteiger charge is 2.30. The number of hydrogen-bond donors (Lipinski definition) is 0. The van der Waals surface area contributed by atoms with Gasteiger partial charge >= 0.3 is 0 Å². The first-order valence-electron chi connectivity index (χ1n) is 8.34. The molecule has 0 bridgehead atoms. The van der Waals surface area contributed by atoms with E-state index in [0.717, 1.165) is 27.4 Å². The highest BCUT2D eigenvalue weighted by Crippen LogP contribution is 2.42. The Labute approximate surface area is 158 Å². The zero-order valence-corrected chi connectivity index (χ0v) is 15.4. The summed E-state index contributed by atoms with van der Waals surface area (Å²) < 4.78 is 4.04. The molecule has 26 heavy (non-hydrogen) atoms. The molecule has 9 heteroatoms. The van der Waals surface area contributed by atoms with E-state index in [0.29, 0.717) is 11.8 Å². The van der Waals surface area contributed by atoms with E-state index in [1.165, 1.54) is 12.8 Å². The summed E-state index contributed by atoms with van der Waals surface area (Å²) in [6, 6.07) is 14.6. The van der Waals surface area contributed by atoms with E-state index in [2.05, 4.69) is 41.7 Å². The highest BCUT2D eigenvalue weighted by atomic mass is 32.2. The van der Waals surface area contributed by atoms with Gasteiger partial charge in [0.05, 0.1) is 16.3 Å². The molecular weight excluding hydrogens is 366 g/mol. The topological polar surface area (TPSA) is 74.3 Å². The molecule has 4 aromatic rings. The molecule has 0 unspecified atom stereocenters. The number of thioether (sulfide) groups is 1. The summed E-state index contributed by atoms with van der Waals surface area (Å²) in [6.45, 7) is 0. The van der Waals surface area contributed by atoms with Crippen LogP contribution in [-0.4, -0.2) is 35.0 Å². The molecule has 1 saturated carbocycles. The second kappa shape index (κ2) is 6.65. The van der Waals surface area contributed by atoms with Crippen molar-refractivity contribution in [3.63, 3.8) is 0 Å². The number of para-hydroxylation sites is 1. The fourth-order valence-electron chi connectivity index (χ4n) is 2.81. The normalized spacial score (nSPS) is 14.0. The van der Waals surface area contributed by atoms with Crippen LogP contribution in [0.2, 0.25) is 0 Å². The van der Waals surface area contributed by atoms with Gasteiger partial charge < -0.3 is 0 Å². The Bertz CT molecular complexity index is 1000. The van der Waals surface area contributed by atoms with Crippen molar-refractivity contribution in [2.45, 2.75) is 29.8 Å². The van der Waals surface area contributed by atoms with Gasteiger partial charge in [0.15, 0.2) is 16.8 Å². The smallest absolute Gasteiger partial charge is 0.192 e. The number of thiophene rings is 1. The Morgan fingerprint density at radius 1 is 1.04 bits per heavy atom. The fourth-order valence-corrected chi connectivity index (χ4v) is 4.42. The molecule has 3 heterocycles. The van der Waals surface area contributed by atoms with E-state index < -0.39 is 0 Å². The maximum absolute atomic E-state index is 4.44.